The predicted molar refractivity (Wildman–Crippen MR) is 89.4 cm³/mol. The van der Waals surface area contributed by atoms with E-state index in [1.807, 2.05) is 34.9 Å². The van der Waals surface area contributed by atoms with E-state index in [9.17, 15) is 8.42 Å². The van der Waals surface area contributed by atoms with Crippen LogP contribution in [0.15, 0.2) is 47.2 Å². The Morgan fingerprint density at radius 2 is 2.04 bits per heavy atom. The van der Waals surface area contributed by atoms with Crippen molar-refractivity contribution in [2.45, 2.75) is 10.9 Å². The van der Waals surface area contributed by atoms with Crippen LogP contribution in [0.5, 0.6) is 0 Å². The summed E-state index contributed by atoms with van der Waals surface area (Å²) in [5.41, 5.74) is 3.43. The van der Waals surface area contributed by atoms with E-state index >= 15 is 0 Å². The standard InChI is InChI=1S/C15H12N4O2S2/c1-23(20,21)15-18-11-5-4-10(7-13(11)22-15)8-19-9-17-12-3-2-6-16-14(12)19/h2-7,9H,8H2,1H3. The molecule has 0 bridgehead atoms. The minimum absolute atomic E-state index is 0.152. The summed E-state index contributed by atoms with van der Waals surface area (Å²) in [7, 11) is -3.27. The van der Waals surface area contributed by atoms with Crippen LogP contribution in [0.2, 0.25) is 0 Å². The number of sulfone groups is 1. The number of benzene rings is 1. The van der Waals surface area contributed by atoms with Gasteiger partial charge in [-0.15, -0.1) is 11.3 Å². The van der Waals surface area contributed by atoms with E-state index in [1.165, 1.54) is 17.6 Å². The molecule has 0 N–H and O–H groups in total. The molecule has 3 aromatic heterocycles. The van der Waals surface area contributed by atoms with Crippen molar-refractivity contribution in [2.75, 3.05) is 6.26 Å². The van der Waals surface area contributed by atoms with Crippen molar-refractivity contribution in [3.63, 3.8) is 0 Å². The lowest BCUT2D eigenvalue weighted by Gasteiger charge is -2.03. The van der Waals surface area contributed by atoms with Gasteiger partial charge in [-0.25, -0.2) is 23.4 Å². The number of fused-ring (bicyclic) bond motifs is 2. The molecule has 116 valence electrons. The largest absolute Gasteiger partial charge is 0.311 e. The maximum absolute atomic E-state index is 11.6. The molecule has 0 aliphatic heterocycles. The molecule has 0 unspecified atom stereocenters. The molecule has 4 aromatic rings. The Hall–Kier alpha value is -2.32. The number of hydrogen-bond acceptors (Lipinski definition) is 6. The summed E-state index contributed by atoms with van der Waals surface area (Å²) in [5, 5.41) is 0. The van der Waals surface area contributed by atoms with Crippen molar-refractivity contribution in [1.82, 2.24) is 19.5 Å². The van der Waals surface area contributed by atoms with E-state index in [0.717, 1.165) is 21.4 Å². The minimum Gasteiger partial charge on any atom is -0.311 e. The van der Waals surface area contributed by atoms with Gasteiger partial charge in [0.05, 0.1) is 23.1 Å². The Morgan fingerprint density at radius 1 is 1.17 bits per heavy atom. The van der Waals surface area contributed by atoms with Crippen LogP contribution < -0.4 is 0 Å². The van der Waals surface area contributed by atoms with Gasteiger partial charge in [-0.05, 0) is 29.8 Å². The van der Waals surface area contributed by atoms with Crippen LogP contribution in [0.3, 0.4) is 0 Å². The monoisotopic (exact) mass is 344 g/mol. The Balaban J connectivity index is 1.74. The summed E-state index contributed by atoms with van der Waals surface area (Å²) in [6, 6.07) is 9.54. The van der Waals surface area contributed by atoms with Crippen molar-refractivity contribution < 1.29 is 8.42 Å². The Morgan fingerprint density at radius 3 is 2.87 bits per heavy atom. The molecule has 1 aromatic carbocycles. The van der Waals surface area contributed by atoms with Gasteiger partial charge in [0, 0.05) is 12.5 Å². The first-order valence-electron chi connectivity index (χ1n) is 6.86. The lowest BCUT2D eigenvalue weighted by atomic mass is 10.2. The molecule has 0 amide bonds. The highest BCUT2D eigenvalue weighted by Gasteiger charge is 2.14. The van der Waals surface area contributed by atoms with E-state index < -0.39 is 9.84 Å². The van der Waals surface area contributed by atoms with Crippen molar-refractivity contribution >= 4 is 42.6 Å². The number of pyridine rings is 1. The van der Waals surface area contributed by atoms with Crippen LogP contribution in [-0.4, -0.2) is 34.2 Å². The van der Waals surface area contributed by atoms with E-state index in [1.54, 1.807) is 12.5 Å². The van der Waals surface area contributed by atoms with Gasteiger partial charge in [0.25, 0.3) is 0 Å². The number of hydrogen-bond donors (Lipinski definition) is 0. The van der Waals surface area contributed by atoms with Crippen LogP contribution in [0, 0.1) is 0 Å². The Bertz CT molecular complexity index is 1130. The highest BCUT2D eigenvalue weighted by atomic mass is 32.2. The second-order valence-electron chi connectivity index (χ2n) is 5.27. The van der Waals surface area contributed by atoms with Crippen molar-refractivity contribution in [3.05, 3.63) is 48.4 Å². The van der Waals surface area contributed by atoms with Gasteiger partial charge in [0.2, 0.25) is 14.2 Å². The fraction of sp³-hybridized carbons (Fsp3) is 0.133. The van der Waals surface area contributed by atoms with Crippen LogP contribution in [-0.2, 0) is 16.4 Å². The maximum Gasteiger partial charge on any atom is 0.210 e. The zero-order valence-corrected chi connectivity index (χ0v) is 13.8. The SMILES string of the molecule is CS(=O)(=O)c1nc2ccc(Cn3cnc4cccnc43)cc2s1. The van der Waals surface area contributed by atoms with Crippen LogP contribution in [0.25, 0.3) is 21.4 Å². The molecule has 0 saturated carbocycles. The molecule has 0 radical (unpaired) electrons. The van der Waals surface area contributed by atoms with Gasteiger partial charge >= 0.3 is 0 Å². The average molecular weight is 344 g/mol. The van der Waals surface area contributed by atoms with Gasteiger partial charge in [-0.3, -0.25) is 0 Å². The summed E-state index contributed by atoms with van der Waals surface area (Å²) in [6.07, 6.45) is 4.68. The number of imidazole rings is 1. The summed E-state index contributed by atoms with van der Waals surface area (Å²) < 4.78 is 26.2. The number of aromatic nitrogens is 4. The molecule has 4 rings (SSSR count). The number of thiazole rings is 1. The zero-order valence-electron chi connectivity index (χ0n) is 12.2. The number of rotatable bonds is 3. The Kier molecular flexibility index (Phi) is 3.17. The fourth-order valence-corrected chi connectivity index (χ4v) is 4.31. The molecule has 0 saturated heterocycles. The van der Waals surface area contributed by atoms with Crippen LogP contribution in [0.1, 0.15) is 5.56 Å². The van der Waals surface area contributed by atoms with Gasteiger partial charge in [-0.1, -0.05) is 6.07 Å². The summed E-state index contributed by atoms with van der Waals surface area (Å²) in [6.45, 7) is 0.621. The highest BCUT2D eigenvalue weighted by Crippen LogP contribution is 2.26. The maximum atomic E-state index is 11.6. The molecule has 8 heteroatoms. The van der Waals surface area contributed by atoms with E-state index in [4.69, 9.17) is 0 Å². The van der Waals surface area contributed by atoms with Crippen molar-refractivity contribution in [1.29, 1.82) is 0 Å². The highest BCUT2D eigenvalue weighted by molar-refractivity contribution is 7.92. The van der Waals surface area contributed by atoms with Gasteiger partial charge in [0.15, 0.2) is 5.65 Å². The third-order valence-electron chi connectivity index (χ3n) is 3.48. The second kappa shape index (κ2) is 5.10. The summed E-state index contributed by atoms with van der Waals surface area (Å²) >= 11 is 1.20. The molecule has 6 nitrogen and oxygen atoms in total. The van der Waals surface area contributed by atoms with Crippen molar-refractivity contribution in [3.8, 4) is 0 Å². The summed E-state index contributed by atoms with van der Waals surface area (Å²) in [5.74, 6) is 0. The smallest absolute Gasteiger partial charge is 0.210 e. The Labute approximate surface area is 136 Å². The second-order valence-corrected chi connectivity index (χ2v) is 8.49. The molecule has 0 atom stereocenters. The predicted octanol–water partition coefficient (Wildman–Crippen LogP) is 2.49. The first kappa shape index (κ1) is 14.3. The summed E-state index contributed by atoms with van der Waals surface area (Å²) in [4.78, 5) is 12.8. The lowest BCUT2D eigenvalue weighted by Crippen LogP contribution is -1.98. The van der Waals surface area contributed by atoms with Crippen molar-refractivity contribution in [2.24, 2.45) is 0 Å². The molecular weight excluding hydrogens is 332 g/mol. The molecular formula is C15H12N4O2S2. The quantitative estimate of drug-likeness (QED) is 0.570. The molecule has 0 aliphatic carbocycles. The lowest BCUT2D eigenvalue weighted by molar-refractivity contribution is 0.601. The van der Waals surface area contributed by atoms with E-state index in [0.29, 0.717) is 12.1 Å². The van der Waals surface area contributed by atoms with E-state index in [-0.39, 0.29) is 4.34 Å². The molecule has 0 aliphatic rings. The third kappa shape index (κ3) is 2.60. The molecule has 23 heavy (non-hydrogen) atoms. The van der Waals surface area contributed by atoms with Gasteiger partial charge < -0.3 is 4.57 Å². The third-order valence-corrected chi connectivity index (χ3v) is 6.17. The normalized spacial score (nSPS) is 12.2. The first-order valence-corrected chi connectivity index (χ1v) is 9.57. The van der Waals surface area contributed by atoms with Crippen LogP contribution >= 0.6 is 11.3 Å². The topological polar surface area (TPSA) is 77.7 Å². The van der Waals surface area contributed by atoms with Gasteiger partial charge in [0.1, 0.15) is 5.52 Å². The van der Waals surface area contributed by atoms with Gasteiger partial charge in [-0.2, -0.15) is 0 Å². The molecule has 0 fully saturated rings. The van der Waals surface area contributed by atoms with E-state index in [2.05, 4.69) is 15.0 Å². The van der Waals surface area contributed by atoms with Crippen LogP contribution in [0.4, 0.5) is 0 Å². The number of nitrogens with zero attached hydrogens (tertiary/aromatic N) is 4. The average Bonchev–Trinajstić information content (AvgIpc) is 3.11. The molecule has 0 spiro atoms. The first-order chi connectivity index (χ1) is 11.0. The minimum atomic E-state index is -3.27. The molecule has 3 heterocycles. The zero-order chi connectivity index (χ0) is 16.0. The fourth-order valence-electron chi connectivity index (χ4n) is 2.41.